The first kappa shape index (κ1) is 16.2. The molecule has 0 bridgehead atoms. The highest BCUT2D eigenvalue weighted by Gasteiger charge is 2.11. The molecule has 0 heterocycles. The number of aryl methyl sites for hydroxylation is 2. The van der Waals surface area contributed by atoms with Crippen molar-refractivity contribution in [1.82, 2.24) is 4.90 Å². The second-order valence-corrected chi connectivity index (χ2v) is 5.04. The fraction of sp³-hybridized carbons (Fsp3) is 0.625. The van der Waals surface area contributed by atoms with Crippen molar-refractivity contribution in [2.24, 2.45) is 5.73 Å². The lowest BCUT2D eigenvalue weighted by Crippen LogP contribution is -2.34. The van der Waals surface area contributed by atoms with Crippen LogP contribution in [0.2, 0.25) is 0 Å². The maximum atomic E-state index is 6.31. The molecule has 3 nitrogen and oxygen atoms in total. The molecule has 0 amide bonds. The molecule has 0 saturated heterocycles. The number of likely N-dealkylation sites (N-methyl/N-ethyl adjacent to an activating group) is 1. The summed E-state index contributed by atoms with van der Waals surface area (Å²) in [5, 5.41) is 0. The van der Waals surface area contributed by atoms with E-state index >= 15 is 0 Å². The summed E-state index contributed by atoms with van der Waals surface area (Å²) >= 11 is 0. The van der Waals surface area contributed by atoms with Gasteiger partial charge in [0.15, 0.2) is 0 Å². The van der Waals surface area contributed by atoms with Crippen LogP contribution in [0, 0.1) is 13.8 Å². The Morgan fingerprint density at radius 1 is 1.21 bits per heavy atom. The summed E-state index contributed by atoms with van der Waals surface area (Å²) in [7, 11) is 0. The number of nitrogens with zero attached hydrogens (tertiary/aromatic N) is 1. The Labute approximate surface area is 117 Å². The summed E-state index contributed by atoms with van der Waals surface area (Å²) in [5.74, 6) is 0. The van der Waals surface area contributed by atoms with E-state index in [9.17, 15) is 0 Å². The number of ether oxygens (including phenoxy) is 1. The van der Waals surface area contributed by atoms with E-state index in [1.54, 1.807) is 0 Å². The van der Waals surface area contributed by atoms with Crippen LogP contribution in [-0.2, 0) is 4.74 Å². The number of hydrogen-bond donors (Lipinski definition) is 1. The molecule has 19 heavy (non-hydrogen) atoms. The molecule has 3 heteroatoms. The van der Waals surface area contributed by atoms with Crippen LogP contribution >= 0.6 is 0 Å². The van der Waals surface area contributed by atoms with Crippen molar-refractivity contribution in [3.05, 3.63) is 34.9 Å². The number of rotatable bonds is 8. The third-order valence-corrected chi connectivity index (χ3v) is 3.62. The molecule has 1 rings (SSSR count). The van der Waals surface area contributed by atoms with E-state index < -0.39 is 0 Å². The normalized spacial score (nSPS) is 12.9. The fourth-order valence-electron chi connectivity index (χ4n) is 2.10. The molecule has 0 aromatic heterocycles. The molecular formula is C16H28N2O. The summed E-state index contributed by atoms with van der Waals surface area (Å²) < 4.78 is 5.41. The van der Waals surface area contributed by atoms with E-state index in [1.165, 1.54) is 16.7 Å². The van der Waals surface area contributed by atoms with E-state index in [0.29, 0.717) is 0 Å². The molecule has 0 spiro atoms. The van der Waals surface area contributed by atoms with Gasteiger partial charge in [0.25, 0.3) is 0 Å². The summed E-state index contributed by atoms with van der Waals surface area (Å²) in [6, 6.07) is 6.57. The SMILES string of the molecule is CCOCCN(CC)CC(N)c1ccc(C)c(C)c1. The van der Waals surface area contributed by atoms with Crippen LogP contribution in [0.5, 0.6) is 0 Å². The largest absolute Gasteiger partial charge is 0.380 e. The third-order valence-electron chi connectivity index (χ3n) is 3.62. The van der Waals surface area contributed by atoms with E-state index in [4.69, 9.17) is 10.5 Å². The average molecular weight is 264 g/mol. The standard InChI is InChI=1S/C16H28N2O/c1-5-18(9-10-19-6-2)12-16(17)15-8-7-13(3)14(4)11-15/h7-8,11,16H,5-6,9-10,12,17H2,1-4H3. The van der Waals surface area contributed by atoms with Crippen molar-refractivity contribution in [2.45, 2.75) is 33.7 Å². The molecular weight excluding hydrogens is 236 g/mol. The van der Waals surface area contributed by atoms with Gasteiger partial charge in [-0.2, -0.15) is 0 Å². The minimum absolute atomic E-state index is 0.0703. The monoisotopic (exact) mass is 264 g/mol. The molecule has 108 valence electrons. The van der Waals surface area contributed by atoms with Crippen LogP contribution in [-0.4, -0.2) is 37.7 Å². The van der Waals surface area contributed by atoms with Gasteiger partial charge in [-0.05, 0) is 44.0 Å². The lowest BCUT2D eigenvalue weighted by atomic mass is 10.0. The second-order valence-electron chi connectivity index (χ2n) is 5.04. The van der Waals surface area contributed by atoms with Gasteiger partial charge in [0, 0.05) is 25.7 Å². The molecule has 1 unspecified atom stereocenters. The average Bonchev–Trinajstić information content (AvgIpc) is 2.40. The highest BCUT2D eigenvalue weighted by molar-refractivity contribution is 5.31. The molecule has 0 radical (unpaired) electrons. The van der Waals surface area contributed by atoms with Crippen LogP contribution in [0.25, 0.3) is 0 Å². The molecule has 0 saturated carbocycles. The van der Waals surface area contributed by atoms with Gasteiger partial charge in [-0.3, -0.25) is 4.90 Å². The molecule has 1 aromatic rings. The van der Waals surface area contributed by atoms with Gasteiger partial charge in [0.05, 0.1) is 6.61 Å². The molecule has 2 N–H and O–H groups in total. The van der Waals surface area contributed by atoms with Crippen LogP contribution in [0.1, 0.15) is 36.6 Å². The molecule has 1 atom stereocenters. The summed E-state index contributed by atoms with van der Waals surface area (Å²) in [6.45, 7) is 12.9. The quantitative estimate of drug-likeness (QED) is 0.734. The maximum Gasteiger partial charge on any atom is 0.0593 e. The van der Waals surface area contributed by atoms with Gasteiger partial charge >= 0.3 is 0 Å². The Kier molecular flexibility index (Phi) is 7.06. The molecule has 1 aromatic carbocycles. The molecule has 0 fully saturated rings. The van der Waals surface area contributed by atoms with Crippen LogP contribution in [0.4, 0.5) is 0 Å². The van der Waals surface area contributed by atoms with Crippen molar-refractivity contribution >= 4 is 0 Å². The Hall–Kier alpha value is -0.900. The predicted molar refractivity (Wildman–Crippen MR) is 81.5 cm³/mol. The van der Waals surface area contributed by atoms with Gasteiger partial charge in [0.2, 0.25) is 0 Å². The Morgan fingerprint density at radius 3 is 2.53 bits per heavy atom. The number of nitrogens with two attached hydrogens (primary N) is 1. The first-order valence-corrected chi connectivity index (χ1v) is 7.21. The first-order valence-electron chi connectivity index (χ1n) is 7.21. The summed E-state index contributed by atoms with van der Waals surface area (Å²) in [5.41, 5.74) is 10.2. The maximum absolute atomic E-state index is 6.31. The van der Waals surface area contributed by atoms with Crippen LogP contribution in [0.15, 0.2) is 18.2 Å². The zero-order valence-electron chi connectivity index (χ0n) is 12.8. The van der Waals surface area contributed by atoms with Crippen molar-refractivity contribution in [1.29, 1.82) is 0 Å². The highest BCUT2D eigenvalue weighted by Crippen LogP contribution is 2.16. The number of benzene rings is 1. The van der Waals surface area contributed by atoms with Crippen LogP contribution in [0.3, 0.4) is 0 Å². The van der Waals surface area contributed by atoms with Crippen molar-refractivity contribution < 1.29 is 4.74 Å². The van der Waals surface area contributed by atoms with Gasteiger partial charge in [-0.25, -0.2) is 0 Å². The lowest BCUT2D eigenvalue weighted by Gasteiger charge is -2.24. The van der Waals surface area contributed by atoms with Gasteiger partial charge in [-0.15, -0.1) is 0 Å². The fourth-order valence-corrected chi connectivity index (χ4v) is 2.10. The van der Waals surface area contributed by atoms with E-state index in [-0.39, 0.29) is 6.04 Å². The Bertz CT molecular complexity index is 379. The van der Waals surface area contributed by atoms with Gasteiger partial charge in [0.1, 0.15) is 0 Å². The first-order chi connectivity index (χ1) is 9.08. The topological polar surface area (TPSA) is 38.5 Å². The van der Waals surface area contributed by atoms with E-state index in [0.717, 1.165) is 32.8 Å². The van der Waals surface area contributed by atoms with Crippen molar-refractivity contribution in [2.75, 3.05) is 32.8 Å². The summed E-state index contributed by atoms with van der Waals surface area (Å²) in [4.78, 5) is 2.34. The molecule has 0 aliphatic heterocycles. The van der Waals surface area contributed by atoms with Crippen molar-refractivity contribution in [3.8, 4) is 0 Å². The molecule has 0 aliphatic carbocycles. The van der Waals surface area contributed by atoms with Crippen LogP contribution < -0.4 is 5.73 Å². The predicted octanol–water partition coefficient (Wildman–Crippen LogP) is 2.66. The number of hydrogen-bond acceptors (Lipinski definition) is 3. The zero-order chi connectivity index (χ0) is 14.3. The summed E-state index contributed by atoms with van der Waals surface area (Å²) in [6.07, 6.45) is 0. The minimum atomic E-state index is 0.0703. The van der Waals surface area contributed by atoms with Gasteiger partial charge in [-0.1, -0.05) is 25.1 Å². The van der Waals surface area contributed by atoms with Gasteiger partial charge < -0.3 is 10.5 Å². The third kappa shape index (κ3) is 5.31. The smallest absolute Gasteiger partial charge is 0.0593 e. The highest BCUT2D eigenvalue weighted by atomic mass is 16.5. The molecule has 0 aliphatic rings. The Morgan fingerprint density at radius 2 is 1.95 bits per heavy atom. The second kappa shape index (κ2) is 8.31. The minimum Gasteiger partial charge on any atom is -0.380 e. The van der Waals surface area contributed by atoms with E-state index in [1.807, 2.05) is 6.92 Å². The zero-order valence-corrected chi connectivity index (χ0v) is 12.8. The van der Waals surface area contributed by atoms with Crippen molar-refractivity contribution in [3.63, 3.8) is 0 Å². The lowest BCUT2D eigenvalue weighted by molar-refractivity contribution is 0.113. The van der Waals surface area contributed by atoms with E-state index in [2.05, 4.69) is 43.9 Å². The Balaban J connectivity index is 2.55.